The van der Waals surface area contributed by atoms with Crippen molar-refractivity contribution in [2.24, 2.45) is 0 Å². The van der Waals surface area contributed by atoms with Crippen molar-refractivity contribution in [1.29, 1.82) is 0 Å². The zero-order valence-corrected chi connectivity index (χ0v) is 14.3. The number of aliphatic hydroxyl groups excluding tert-OH is 1. The van der Waals surface area contributed by atoms with Crippen molar-refractivity contribution in [2.75, 3.05) is 5.33 Å². The summed E-state index contributed by atoms with van der Waals surface area (Å²) in [6.07, 6.45) is -1.65. The van der Waals surface area contributed by atoms with Crippen molar-refractivity contribution in [2.45, 2.75) is 31.1 Å². The molecule has 1 aromatic carbocycles. The van der Waals surface area contributed by atoms with Gasteiger partial charge in [0.05, 0.1) is 12.7 Å². The molecular weight excluding hydrogens is 380 g/mol. The number of hydrogen-bond acceptors (Lipinski definition) is 5. The molecule has 1 aliphatic heterocycles. The van der Waals surface area contributed by atoms with Gasteiger partial charge in [-0.15, -0.1) is 0 Å². The van der Waals surface area contributed by atoms with Crippen LogP contribution in [0, 0.1) is 0 Å². The summed E-state index contributed by atoms with van der Waals surface area (Å²) < 4.78 is 12.8. The van der Waals surface area contributed by atoms with Crippen molar-refractivity contribution in [1.82, 2.24) is 9.55 Å². The SMILES string of the molecule is O=c1ccn([C@H]2O[C@@H](CBr)C(O)C2OCc2ccccc2)c(=O)[nH]1. The summed E-state index contributed by atoms with van der Waals surface area (Å²) in [5.74, 6) is 0. The summed E-state index contributed by atoms with van der Waals surface area (Å²) in [6, 6.07) is 10.7. The van der Waals surface area contributed by atoms with Gasteiger partial charge in [0.15, 0.2) is 6.23 Å². The molecule has 2 aromatic rings. The predicted molar refractivity (Wildman–Crippen MR) is 90.1 cm³/mol. The molecule has 1 saturated heterocycles. The average Bonchev–Trinajstić information content (AvgIpc) is 2.90. The van der Waals surface area contributed by atoms with E-state index in [4.69, 9.17) is 9.47 Å². The minimum Gasteiger partial charge on any atom is -0.387 e. The summed E-state index contributed by atoms with van der Waals surface area (Å²) in [5, 5.41) is 10.8. The Labute approximate surface area is 146 Å². The number of hydrogen-bond donors (Lipinski definition) is 2. The molecule has 8 heteroatoms. The Morgan fingerprint density at radius 3 is 2.67 bits per heavy atom. The van der Waals surface area contributed by atoms with Gasteiger partial charge < -0.3 is 14.6 Å². The molecule has 1 aromatic heterocycles. The number of alkyl halides is 1. The second-order valence-corrected chi connectivity index (χ2v) is 6.14. The molecule has 7 nitrogen and oxygen atoms in total. The van der Waals surface area contributed by atoms with E-state index in [1.54, 1.807) is 0 Å². The van der Waals surface area contributed by atoms with E-state index in [1.807, 2.05) is 30.3 Å². The molecule has 0 saturated carbocycles. The van der Waals surface area contributed by atoms with Gasteiger partial charge in [0.1, 0.15) is 12.2 Å². The first-order valence-electron chi connectivity index (χ1n) is 7.46. The van der Waals surface area contributed by atoms with E-state index in [-0.39, 0.29) is 6.61 Å². The fourth-order valence-corrected chi connectivity index (χ4v) is 3.18. The molecule has 1 fully saturated rings. The Morgan fingerprint density at radius 1 is 1.25 bits per heavy atom. The maximum atomic E-state index is 12.0. The molecule has 1 aliphatic rings. The summed E-state index contributed by atoms with van der Waals surface area (Å²) >= 11 is 3.28. The zero-order chi connectivity index (χ0) is 17.1. The Morgan fingerprint density at radius 2 is 2.00 bits per heavy atom. The van der Waals surface area contributed by atoms with Gasteiger partial charge in [-0.05, 0) is 5.56 Å². The van der Waals surface area contributed by atoms with E-state index in [0.29, 0.717) is 5.33 Å². The number of rotatable bonds is 5. The van der Waals surface area contributed by atoms with Crippen molar-refractivity contribution >= 4 is 15.9 Å². The fraction of sp³-hybridized carbons (Fsp3) is 0.375. The van der Waals surface area contributed by atoms with Crippen molar-refractivity contribution in [3.63, 3.8) is 0 Å². The molecule has 0 aliphatic carbocycles. The van der Waals surface area contributed by atoms with Gasteiger partial charge in [0.2, 0.25) is 0 Å². The second kappa shape index (κ2) is 7.43. The predicted octanol–water partition coefficient (Wildman–Crippen LogP) is 0.775. The minimum absolute atomic E-state index is 0.273. The van der Waals surface area contributed by atoms with E-state index < -0.39 is 35.8 Å². The van der Waals surface area contributed by atoms with E-state index >= 15 is 0 Å². The topological polar surface area (TPSA) is 93.5 Å². The lowest BCUT2D eigenvalue weighted by atomic mass is 10.1. The summed E-state index contributed by atoms with van der Waals surface area (Å²) in [5.41, 5.74) is -0.156. The van der Waals surface area contributed by atoms with Crippen LogP contribution in [0.5, 0.6) is 0 Å². The van der Waals surface area contributed by atoms with Crippen LogP contribution in [-0.4, -0.2) is 38.3 Å². The number of H-pyrrole nitrogens is 1. The molecule has 0 bridgehead atoms. The molecule has 3 rings (SSSR count). The number of nitrogens with zero attached hydrogens (tertiary/aromatic N) is 1. The Bertz CT molecular complexity index is 791. The highest BCUT2D eigenvalue weighted by Crippen LogP contribution is 2.32. The van der Waals surface area contributed by atoms with Crippen LogP contribution < -0.4 is 11.2 Å². The second-order valence-electron chi connectivity index (χ2n) is 5.49. The van der Waals surface area contributed by atoms with Gasteiger partial charge in [-0.3, -0.25) is 14.3 Å². The number of aromatic amines is 1. The van der Waals surface area contributed by atoms with E-state index in [9.17, 15) is 14.7 Å². The van der Waals surface area contributed by atoms with Gasteiger partial charge in [-0.25, -0.2) is 4.79 Å². The Kier molecular flexibility index (Phi) is 5.30. The van der Waals surface area contributed by atoms with Crippen LogP contribution in [0.1, 0.15) is 11.8 Å². The van der Waals surface area contributed by atoms with Gasteiger partial charge >= 0.3 is 5.69 Å². The number of benzene rings is 1. The average molecular weight is 397 g/mol. The summed E-state index contributed by atoms with van der Waals surface area (Å²) in [6.45, 7) is 0.273. The first kappa shape index (κ1) is 17.1. The summed E-state index contributed by atoms with van der Waals surface area (Å²) in [7, 11) is 0. The fourth-order valence-electron chi connectivity index (χ4n) is 2.64. The maximum Gasteiger partial charge on any atom is 0.330 e. The molecule has 2 unspecified atom stereocenters. The van der Waals surface area contributed by atoms with Crippen LogP contribution in [0.25, 0.3) is 0 Å². The first-order valence-corrected chi connectivity index (χ1v) is 8.59. The van der Waals surface area contributed by atoms with Crippen LogP contribution >= 0.6 is 15.9 Å². The van der Waals surface area contributed by atoms with Crippen LogP contribution in [-0.2, 0) is 16.1 Å². The van der Waals surface area contributed by atoms with Crippen LogP contribution in [0.2, 0.25) is 0 Å². The monoisotopic (exact) mass is 396 g/mol. The largest absolute Gasteiger partial charge is 0.387 e. The molecule has 2 heterocycles. The molecule has 4 atom stereocenters. The maximum absolute atomic E-state index is 12.0. The minimum atomic E-state index is -0.906. The number of aromatic nitrogens is 2. The van der Waals surface area contributed by atoms with Crippen LogP contribution in [0.4, 0.5) is 0 Å². The van der Waals surface area contributed by atoms with Crippen LogP contribution in [0.3, 0.4) is 0 Å². The molecule has 0 amide bonds. The third-order valence-electron chi connectivity index (χ3n) is 3.88. The van der Waals surface area contributed by atoms with Gasteiger partial charge in [-0.2, -0.15) is 0 Å². The lowest BCUT2D eigenvalue weighted by molar-refractivity contribution is -0.0760. The smallest absolute Gasteiger partial charge is 0.330 e. The Hall–Kier alpha value is -1.74. The van der Waals surface area contributed by atoms with Gasteiger partial charge in [0.25, 0.3) is 5.56 Å². The highest BCUT2D eigenvalue weighted by Gasteiger charge is 2.45. The van der Waals surface area contributed by atoms with E-state index in [2.05, 4.69) is 20.9 Å². The van der Waals surface area contributed by atoms with E-state index in [0.717, 1.165) is 5.56 Å². The van der Waals surface area contributed by atoms with Gasteiger partial charge in [0, 0.05) is 17.6 Å². The normalized spacial score (nSPS) is 26.6. The molecule has 24 heavy (non-hydrogen) atoms. The zero-order valence-electron chi connectivity index (χ0n) is 12.7. The molecule has 2 N–H and O–H groups in total. The molecule has 0 radical (unpaired) electrons. The number of aliphatic hydroxyl groups is 1. The number of ether oxygens (including phenoxy) is 2. The van der Waals surface area contributed by atoms with Crippen molar-refractivity contribution in [3.8, 4) is 0 Å². The molecular formula is C16H17BrN2O5. The Balaban J connectivity index is 1.85. The highest BCUT2D eigenvalue weighted by atomic mass is 79.9. The third-order valence-corrected chi connectivity index (χ3v) is 4.51. The van der Waals surface area contributed by atoms with Gasteiger partial charge in [-0.1, -0.05) is 46.3 Å². The first-order chi connectivity index (χ1) is 11.6. The molecule has 0 spiro atoms. The highest BCUT2D eigenvalue weighted by molar-refractivity contribution is 9.09. The standard InChI is InChI=1S/C16H17BrN2O5/c17-8-11-13(21)14(23-9-10-4-2-1-3-5-10)15(24-11)19-7-6-12(20)18-16(19)22/h1-7,11,13-15,21H,8-9H2,(H,18,20,22)/t11-,13?,14?,15-/m0/s1. The third kappa shape index (κ3) is 3.51. The number of nitrogens with one attached hydrogen (secondary N) is 1. The van der Waals surface area contributed by atoms with Crippen LogP contribution in [0.15, 0.2) is 52.2 Å². The lowest BCUT2D eigenvalue weighted by Crippen LogP contribution is -2.39. The quantitative estimate of drug-likeness (QED) is 0.728. The summed E-state index contributed by atoms with van der Waals surface area (Å²) in [4.78, 5) is 25.4. The molecule has 128 valence electrons. The van der Waals surface area contributed by atoms with Crippen molar-refractivity contribution in [3.05, 3.63) is 69.0 Å². The van der Waals surface area contributed by atoms with Crippen molar-refractivity contribution < 1.29 is 14.6 Å². The number of halogens is 1. The lowest BCUT2D eigenvalue weighted by Gasteiger charge is -2.22. The van der Waals surface area contributed by atoms with E-state index in [1.165, 1.54) is 16.8 Å².